The molecule has 19 nitrogen and oxygen atoms in total. The summed E-state index contributed by atoms with van der Waals surface area (Å²) in [6.07, 6.45) is -1.10. The zero-order valence-electron chi connectivity index (χ0n) is 35.6. The van der Waals surface area contributed by atoms with Gasteiger partial charge >= 0.3 is 12.1 Å². The number of benzene rings is 2. The third-order valence-corrected chi connectivity index (χ3v) is 9.66. The molecule has 1 aliphatic heterocycles. The highest BCUT2D eigenvalue weighted by molar-refractivity contribution is 6.38. The Bertz CT molecular complexity index is 1850. The highest BCUT2D eigenvalue weighted by Gasteiger charge is 2.43. The smallest absolute Gasteiger partial charge is 0.407 e. The molecule has 62 heavy (non-hydrogen) atoms. The quantitative estimate of drug-likeness (QED) is 0.0465. The van der Waals surface area contributed by atoms with Crippen LogP contribution in [0.15, 0.2) is 60.7 Å². The molecule has 1 fully saturated rings. The fraction of sp³-hybridized carbons (Fsp3) is 0.512. The molecular formula is C43H59N7O12. The molecule has 0 aromatic heterocycles. The van der Waals surface area contributed by atoms with Gasteiger partial charge in [-0.15, -0.1) is 0 Å². The Kier molecular flexibility index (Phi) is 21.0. The summed E-state index contributed by atoms with van der Waals surface area (Å²) in [6, 6.07) is 12.5. The van der Waals surface area contributed by atoms with E-state index in [0.717, 1.165) is 5.56 Å². The standard InChI is InChI=1S/C43H59N7O12/c1-5-13-31(38(54)41(57)46-23-35(52)49-37(39(44)55)29-16-10-7-11-17-29)47-40(56)33-22-30(61-26-28-14-8-6-9-15-28)24-50(33)42(58)32(48-43(59)62-25-27(2)3)18-12-21-45-34(51)19-20-36(53)60-4/h6-11,14-17,27,30-33,37H,5,12-13,18-26H2,1-4H3,(H2,44,55)(H,45,51)(H,46,57)(H,47,56)(H,48,59)(H,49,52)/t30-,31?,32+,33+,37+/m1/s1. The number of Topliss-reactive ketones (excluding diaryl/α,β-unsaturated/α-hetero) is 1. The number of carbonyl (C=O) groups is 9. The lowest BCUT2D eigenvalue weighted by Crippen LogP contribution is -2.56. The Morgan fingerprint density at radius 2 is 1.50 bits per heavy atom. The van der Waals surface area contributed by atoms with Crippen molar-refractivity contribution in [3.63, 3.8) is 0 Å². The summed E-state index contributed by atoms with van der Waals surface area (Å²) in [5, 5.41) is 12.6. The molecule has 19 heteroatoms. The number of ether oxygens (including phenoxy) is 3. The van der Waals surface area contributed by atoms with Gasteiger partial charge in [0.25, 0.3) is 5.91 Å². The number of nitrogens with zero attached hydrogens (tertiary/aromatic N) is 1. The van der Waals surface area contributed by atoms with Crippen LogP contribution in [0, 0.1) is 5.92 Å². The number of amides is 7. The van der Waals surface area contributed by atoms with E-state index in [1.165, 1.54) is 12.0 Å². The second kappa shape index (κ2) is 26.1. The van der Waals surface area contributed by atoms with Gasteiger partial charge < -0.3 is 51.4 Å². The van der Waals surface area contributed by atoms with Gasteiger partial charge in [-0.1, -0.05) is 87.9 Å². The minimum absolute atomic E-state index is 0.00359. The topological polar surface area (TPSA) is 271 Å². The monoisotopic (exact) mass is 865 g/mol. The number of nitrogens with one attached hydrogen (secondary N) is 5. The molecule has 7 amide bonds. The number of carbonyl (C=O) groups excluding carboxylic acids is 9. The second-order valence-electron chi connectivity index (χ2n) is 15.1. The van der Waals surface area contributed by atoms with E-state index in [0.29, 0.717) is 12.0 Å². The molecule has 1 aliphatic rings. The SMILES string of the molecule is CCCC(NC(=O)[C@@H]1C[C@@H](OCc2ccccc2)CN1C(=O)[C@H](CCCNC(=O)CCC(=O)OC)NC(=O)OCC(C)C)C(=O)C(=O)NCC(=O)N[C@H](C(N)=O)c1ccccc1. The highest BCUT2D eigenvalue weighted by Crippen LogP contribution is 2.24. The van der Waals surface area contributed by atoms with Crippen LogP contribution in [0.5, 0.6) is 0 Å². The van der Waals surface area contributed by atoms with Gasteiger partial charge in [0.1, 0.15) is 18.1 Å². The fourth-order valence-electron chi connectivity index (χ4n) is 6.43. The van der Waals surface area contributed by atoms with E-state index in [-0.39, 0.29) is 70.7 Å². The molecule has 0 aliphatic carbocycles. The number of hydrogen-bond acceptors (Lipinski definition) is 12. The van der Waals surface area contributed by atoms with Crippen molar-refractivity contribution in [2.45, 2.75) is 103 Å². The summed E-state index contributed by atoms with van der Waals surface area (Å²) in [6.45, 7) is 5.01. The maximum atomic E-state index is 14.4. The molecule has 0 bridgehead atoms. The zero-order valence-corrected chi connectivity index (χ0v) is 35.6. The Hall–Kier alpha value is -6.37. The third-order valence-electron chi connectivity index (χ3n) is 9.66. The molecule has 7 N–H and O–H groups in total. The summed E-state index contributed by atoms with van der Waals surface area (Å²) >= 11 is 0. The van der Waals surface area contributed by atoms with Gasteiger partial charge in [-0.3, -0.25) is 38.4 Å². The zero-order chi connectivity index (χ0) is 45.6. The molecule has 1 unspecified atom stereocenters. The van der Waals surface area contributed by atoms with Crippen molar-refractivity contribution in [2.24, 2.45) is 11.7 Å². The van der Waals surface area contributed by atoms with Crippen molar-refractivity contribution in [1.82, 2.24) is 31.5 Å². The number of esters is 1. The molecule has 1 saturated heterocycles. The van der Waals surface area contributed by atoms with Gasteiger partial charge in [0.2, 0.25) is 35.3 Å². The molecule has 1 heterocycles. The Balaban J connectivity index is 1.77. The highest BCUT2D eigenvalue weighted by atomic mass is 16.5. The molecular weight excluding hydrogens is 807 g/mol. The summed E-state index contributed by atoms with van der Waals surface area (Å²) in [5.74, 6) is -6.21. The van der Waals surface area contributed by atoms with Gasteiger partial charge in [0, 0.05) is 25.9 Å². The Labute approximate surface area is 360 Å². The third kappa shape index (κ3) is 16.9. The van der Waals surface area contributed by atoms with Gasteiger partial charge in [-0.2, -0.15) is 0 Å². The van der Waals surface area contributed by atoms with E-state index in [9.17, 15) is 43.2 Å². The van der Waals surface area contributed by atoms with Crippen molar-refractivity contribution in [3.8, 4) is 0 Å². The number of nitrogens with two attached hydrogens (primary N) is 1. The average Bonchev–Trinajstić information content (AvgIpc) is 3.70. The first-order chi connectivity index (χ1) is 29.6. The molecule has 0 radical (unpaired) electrons. The number of hydrogen-bond donors (Lipinski definition) is 6. The summed E-state index contributed by atoms with van der Waals surface area (Å²) in [7, 11) is 1.22. The summed E-state index contributed by atoms with van der Waals surface area (Å²) in [4.78, 5) is 118. The van der Waals surface area contributed by atoms with E-state index in [4.69, 9.17) is 15.2 Å². The van der Waals surface area contributed by atoms with Crippen LogP contribution in [0.3, 0.4) is 0 Å². The van der Waals surface area contributed by atoms with Crippen LogP contribution in [-0.2, 0) is 59.2 Å². The molecule has 338 valence electrons. The molecule has 0 spiro atoms. The van der Waals surface area contributed by atoms with E-state index in [1.54, 1.807) is 37.3 Å². The van der Waals surface area contributed by atoms with Crippen LogP contribution in [0.25, 0.3) is 0 Å². The van der Waals surface area contributed by atoms with Crippen LogP contribution in [0.2, 0.25) is 0 Å². The van der Waals surface area contributed by atoms with Crippen molar-refractivity contribution < 1.29 is 57.4 Å². The summed E-state index contributed by atoms with van der Waals surface area (Å²) in [5.41, 5.74) is 6.73. The van der Waals surface area contributed by atoms with Gasteiger partial charge in [0.05, 0.1) is 45.4 Å². The first-order valence-electron chi connectivity index (χ1n) is 20.6. The number of alkyl carbamates (subject to hydrolysis) is 1. The fourth-order valence-corrected chi connectivity index (χ4v) is 6.43. The minimum atomic E-state index is -1.35. The average molecular weight is 866 g/mol. The van der Waals surface area contributed by atoms with Gasteiger partial charge in [-0.05, 0) is 36.3 Å². The maximum absolute atomic E-state index is 14.4. The van der Waals surface area contributed by atoms with Crippen LogP contribution in [0.1, 0.15) is 82.9 Å². The van der Waals surface area contributed by atoms with Gasteiger partial charge in [0.15, 0.2) is 0 Å². The van der Waals surface area contributed by atoms with Gasteiger partial charge in [-0.25, -0.2) is 4.79 Å². The van der Waals surface area contributed by atoms with Crippen molar-refractivity contribution in [2.75, 3.05) is 33.4 Å². The minimum Gasteiger partial charge on any atom is -0.469 e. The first-order valence-corrected chi connectivity index (χ1v) is 20.6. The Morgan fingerprint density at radius 1 is 0.823 bits per heavy atom. The lowest BCUT2D eigenvalue weighted by molar-refractivity contribution is -0.143. The van der Waals surface area contributed by atoms with E-state index in [1.807, 2.05) is 44.2 Å². The summed E-state index contributed by atoms with van der Waals surface area (Å²) < 4.78 is 16.0. The molecule has 0 saturated carbocycles. The molecule has 2 aromatic carbocycles. The second-order valence-corrected chi connectivity index (χ2v) is 15.1. The number of likely N-dealkylation sites (tertiary alicyclic amines) is 1. The number of ketones is 1. The van der Waals surface area contributed by atoms with Crippen molar-refractivity contribution >= 4 is 53.3 Å². The first kappa shape index (κ1) is 50.0. The predicted octanol–water partition coefficient (Wildman–Crippen LogP) is 1.09. The van der Waals surface area contributed by atoms with E-state index >= 15 is 0 Å². The van der Waals surface area contributed by atoms with Crippen molar-refractivity contribution in [1.29, 1.82) is 0 Å². The maximum Gasteiger partial charge on any atom is 0.407 e. The van der Waals surface area contributed by atoms with Crippen LogP contribution >= 0.6 is 0 Å². The Morgan fingerprint density at radius 3 is 2.13 bits per heavy atom. The molecule has 5 atom stereocenters. The van der Waals surface area contributed by atoms with Crippen LogP contribution in [-0.4, -0.2) is 116 Å². The largest absolute Gasteiger partial charge is 0.469 e. The number of rotatable bonds is 25. The van der Waals surface area contributed by atoms with E-state index < -0.39 is 90.1 Å². The lowest BCUT2D eigenvalue weighted by Gasteiger charge is -2.29. The molecule has 2 aromatic rings. The van der Waals surface area contributed by atoms with Crippen molar-refractivity contribution in [3.05, 3.63) is 71.8 Å². The molecule has 3 rings (SSSR count). The normalized spacial score (nSPS) is 15.9. The predicted molar refractivity (Wildman–Crippen MR) is 223 cm³/mol. The van der Waals surface area contributed by atoms with E-state index in [2.05, 4.69) is 31.3 Å². The van der Waals surface area contributed by atoms with Crippen LogP contribution < -0.4 is 32.3 Å². The van der Waals surface area contributed by atoms with Crippen LogP contribution in [0.4, 0.5) is 4.79 Å². The number of methoxy groups -OCH3 is 1. The number of primary amides is 1. The lowest BCUT2D eigenvalue weighted by atomic mass is 10.0.